The molecular formula is C9H12. The van der Waals surface area contributed by atoms with Crippen LogP contribution in [0.25, 0.3) is 0 Å². The standard InChI is InChI=1S/C9H12/c1-4-6-7-8-9(3)5-2/h4-5H,1,8H2,2-3H3. The van der Waals surface area contributed by atoms with Gasteiger partial charge in [0, 0.05) is 6.42 Å². The average Bonchev–Trinajstić information content (AvgIpc) is 1.89. The molecule has 0 rings (SSSR count). The fourth-order valence-electron chi connectivity index (χ4n) is 0.365. The average molecular weight is 120 g/mol. The van der Waals surface area contributed by atoms with Crippen LogP contribution in [0.2, 0.25) is 0 Å². The summed E-state index contributed by atoms with van der Waals surface area (Å²) in [5.41, 5.74) is 1.31. The van der Waals surface area contributed by atoms with Crippen LogP contribution >= 0.6 is 0 Å². The first-order valence-electron chi connectivity index (χ1n) is 3.02. The van der Waals surface area contributed by atoms with Gasteiger partial charge in [-0.1, -0.05) is 30.1 Å². The molecule has 0 aromatic carbocycles. The predicted molar refractivity (Wildman–Crippen MR) is 42.0 cm³/mol. The Morgan fingerprint density at radius 2 is 2.33 bits per heavy atom. The molecule has 0 heterocycles. The van der Waals surface area contributed by atoms with Gasteiger partial charge in [0.2, 0.25) is 0 Å². The molecular weight excluding hydrogens is 108 g/mol. The molecule has 0 nitrogen and oxygen atoms in total. The highest BCUT2D eigenvalue weighted by Crippen LogP contribution is 1.95. The van der Waals surface area contributed by atoms with Crippen LogP contribution in [0.5, 0.6) is 0 Å². The summed E-state index contributed by atoms with van der Waals surface area (Å²) in [5, 5.41) is 0. The van der Waals surface area contributed by atoms with Gasteiger partial charge in [-0.15, -0.1) is 0 Å². The molecule has 0 spiro atoms. The van der Waals surface area contributed by atoms with Gasteiger partial charge in [0.25, 0.3) is 0 Å². The largest absolute Gasteiger partial charge is 0.0941 e. The molecule has 0 saturated carbocycles. The summed E-state index contributed by atoms with van der Waals surface area (Å²) in [6, 6.07) is 0. The molecule has 0 heteroatoms. The van der Waals surface area contributed by atoms with Gasteiger partial charge in [0.1, 0.15) is 0 Å². The Morgan fingerprint density at radius 3 is 2.78 bits per heavy atom. The zero-order chi connectivity index (χ0) is 7.11. The zero-order valence-corrected chi connectivity index (χ0v) is 6.07. The minimum atomic E-state index is 0.864. The molecule has 0 bridgehead atoms. The number of hydrogen-bond donors (Lipinski definition) is 0. The molecule has 48 valence electrons. The van der Waals surface area contributed by atoms with E-state index in [2.05, 4.69) is 31.4 Å². The molecule has 9 heavy (non-hydrogen) atoms. The van der Waals surface area contributed by atoms with E-state index in [-0.39, 0.29) is 0 Å². The van der Waals surface area contributed by atoms with E-state index in [1.807, 2.05) is 6.92 Å². The normalized spacial score (nSPS) is 9.78. The van der Waals surface area contributed by atoms with Crippen LogP contribution in [0.4, 0.5) is 0 Å². The van der Waals surface area contributed by atoms with Gasteiger partial charge in [0.15, 0.2) is 0 Å². The van der Waals surface area contributed by atoms with E-state index < -0.39 is 0 Å². The van der Waals surface area contributed by atoms with E-state index in [0.717, 1.165) is 6.42 Å². The molecule has 0 amide bonds. The molecule has 0 saturated heterocycles. The summed E-state index contributed by atoms with van der Waals surface area (Å²) in [4.78, 5) is 0. The van der Waals surface area contributed by atoms with Gasteiger partial charge in [-0.3, -0.25) is 0 Å². The van der Waals surface area contributed by atoms with E-state index >= 15 is 0 Å². The summed E-state index contributed by atoms with van der Waals surface area (Å²) in [6.07, 6.45) is 4.54. The maximum atomic E-state index is 3.49. The maximum absolute atomic E-state index is 3.49. The summed E-state index contributed by atoms with van der Waals surface area (Å²) >= 11 is 0. The Morgan fingerprint density at radius 1 is 1.67 bits per heavy atom. The Balaban J connectivity index is 3.62. The van der Waals surface area contributed by atoms with Crippen LogP contribution in [0.15, 0.2) is 24.3 Å². The molecule has 0 aliphatic rings. The van der Waals surface area contributed by atoms with Gasteiger partial charge in [-0.2, -0.15) is 0 Å². The van der Waals surface area contributed by atoms with Crippen molar-refractivity contribution < 1.29 is 0 Å². The fraction of sp³-hybridized carbons (Fsp3) is 0.333. The molecule has 0 unspecified atom stereocenters. The van der Waals surface area contributed by atoms with Crippen molar-refractivity contribution in [2.24, 2.45) is 0 Å². The summed E-state index contributed by atoms with van der Waals surface area (Å²) in [7, 11) is 0. The van der Waals surface area contributed by atoms with Gasteiger partial charge in [-0.25, -0.2) is 0 Å². The Hall–Kier alpha value is -0.960. The minimum absolute atomic E-state index is 0.864. The van der Waals surface area contributed by atoms with Crippen molar-refractivity contribution in [3.8, 4) is 11.8 Å². The van der Waals surface area contributed by atoms with Crippen molar-refractivity contribution in [1.29, 1.82) is 0 Å². The molecule has 0 radical (unpaired) electrons. The second-order valence-electron chi connectivity index (χ2n) is 1.84. The van der Waals surface area contributed by atoms with E-state index in [1.165, 1.54) is 5.57 Å². The lowest BCUT2D eigenvalue weighted by atomic mass is 10.2. The van der Waals surface area contributed by atoms with Crippen molar-refractivity contribution >= 4 is 0 Å². The van der Waals surface area contributed by atoms with Crippen LogP contribution in [0.3, 0.4) is 0 Å². The van der Waals surface area contributed by atoms with Crippen LogP contribution in [0, 0.1) is 11.8 Å². The van der Waals surface area contributed by atoms with E-state index in [0.29, 0.717) is 0 Å². The Bertz CT molecular complexity index is 162. The highest BCUT2D eigenvalue weighted by Gasteiger charge is 1.77. The Labute approximate surface area is 57.3 Å². The first-order valence-corrected chi connectivity index (χ1v) is 3.02. The van der Waals surface area contributed by atoms with Crippen molar-refractivity contribution in [3.63, 3.8) is 0 Å². The van der Waals surface area contributed by atoms with Gasteiger partial charge in [0.05, 0.1) is 0 Å². The van der Waals surface area contributed by atoms with Crippen molar-refractivity contribution in [3.05, 3.63) is 24.3 Å². The van der Waals surface area contributed by atoms with E-state index in [9.17, 15) is 0 Å². The molecule has 0 aliphatic heterocycles. The highest BCUT2D eigenvalue weighted by atomic mass is 13.8. The minimum Gasteiger partial charge on any atom is -0.0941 e. The fourth-order valence-corrected chi connectivity index (χ4v) is 0.365. The summed E-state index contributed by atoms with van der Waals surface area (Å²) in [5.74, 6) is 5.74. The third kappa shape index (κ3) is 4.90. The van der Waals surface area contributed by atoms with Crippen LogP contribution < -0.4 is 0 Å². The molecule has 0 aromatic rings. The molecule has 0 atom stereocenters. The SMILES string of the molecule is C=CC#CCC(C)=CC. The smallest absolute Gasteiger partial charge is 0.0299 e. The molecule has 0 fully saturated rings. The number of hydrogen-bond acceptors (Lipinski definition) is 0. The van der Waals surface area contributed by atoms with Crippen LogP contribution in [-0.2, 0) is 0 Å². The van der Waals surface area contributed by atoms with Gasteiger partial charge >= 0.3 is 0 Å². The first-order chi connectivity index (χ1) is 4.31. The quantitative estimate of drug-likeness (QED) is 0.368. The zero-order valence-electron chi connectivity index (χ0n) is 6.07. The van der Waals surface area contributed by atoms with Crippen molar-refractivity contribution in [1.82, 2.24) is 0 Å². The van der Waals surface area contributed by atoms with Crippen molar-refractivity contribution in [2.45, 2.75) is 20.3 Å². The number of rotatable bonds is 1. The van der Waals surface area contributed by atoms with Gasteiger partial charge < -0.3 is 0 Å². The second kappa shape index (κ2) is 5.18. The lowest BCUT2D eigenvalue weighted by Crippen LogP contribution is -1.69. The van der Waals surface area contributed by atoms with Gasteiger partial charge in [-0.05, 0) is 19.9 Å². The summed E-state index contributed by atoms with van der Waals surface area (Å²) in [6.45, 7) is 7.58. The highest BCUT2D eigenvalue weighted by molar-refractivity contribution is 5.17. The molecule has 0 N–H and O–H groups in total. The lowest BCUT2D eigenvalue weighted by molar-refractivity contribution is 1.24. The topological polar surface area (TPSA) is 0 Å². The third-order valence-corrected chi connectivity index (χ3v) is 1.06. The van der Waals surface area contributed by atoms with Crippen LogP contribution in [0.1, 0.15) is 20.3 Å². The predicted octanol–water partition coefficient (Wildman–Crippen LogP) is 2.53. The van der Waals surface area contributed by atoms with Crippen LogP contribution in [-0.4, -0.2) is 0 Å². The third-order valence-electron chi connectivity index (χ3n) is 1.06. The van der Waals surface area contributed by atoms with E-state index in [1.54, 1.807) is 6.08 Å². The monoisotopic (exact) mass is 120 g/mol. The van der Waals surface area contributed by atoms with E-state index in [4.69, 9.17) is 0 Å². The Kier molecular flexibility index (Phi) is 4.63. The lowest BCUT2D eigenvalue weighted by Gasteiger charge is -1.86. The molecule has 0 aromatic heterocycles. The second-order valence-corrected chi connectivity index (χ2v) is 1.84. The summed E-state index contributed by atoms with van der Waals surface area (Å²) < 4.78 is 0. The van der Waals surface area contributed by atoms with Crippen molar-refractivity contribution in [2.75, 3.05) is 0 Å². The number of allylic oxidation sites excluding steroid dienone is 3. The first kappa shape index (κ1) is 8.04. The molecule has 0 aliphatic carbocycles. The maximum Gasteiger partial charge on any atom is 0.0299 e.